The molecule has 22 heavy (non-hydrogen) atoms. The molecule has 0 saturated heterocycles. The topological polar surface area (TPSA) is 58.6 Å². The van der Waals surface area contributed by atoms with Crippen LogP contribution >= 0.6 is 0 Å². The highest BCUT2D eigenvalue weighted by atomic mass is 16.5. The third-order valence-electron chi connectivity index (χ3n) is 4.09. The quantitative estimate of drug-likeness (QED) is 0.794. The predicted octanol–water partition coefficient (Wildman–Crippen LogP) is 3.12. The summed E-state index contributed by atoms with van der Waals surface area (Å²) < 4.78 is 5.10. The second kappa shape index (κ2) is 7.99. The van der Waals surface area contributed by atoms with Crippen molar-refractivity contribution in [2.45, 2.75) is 51.2 Å². The van der Waals surface area contributed by atoms with Crippen LogP contribution < -0.4 is 10.1 Å². The first-order valence-corrected chi connectivity index (χ1v) is 7.89. The third kappa shape index (κ3) is 4.60. The zero-order valence-corrected chi connectivity index (χ0v) is 13.3. The first-order chi connectivity index (χ1) is 10.6. The molecule has 0 spiro atoms. The molecule has 1 amide bonds. The van der Waals surface area contributed by atoms with Gasteiger partial charge in [0.05, 0.1) is 19.3 Å². The highest BCUT2D eigenvalue weighted by molar-refractivity contribution is 5.78. The minimum absolute atomic E-state index is 0.0202. The Balaban J connectivity index is 1.88. The fourth-order valence-corrected chi connectivity index (χ4v) is 2.75. The van der Waals surface area contributed by atoms with Gasteiger partial charge >= 0.3 is 0 Å². The highest BCUT2D eigenvalue weighted by Gasteiger charge is 2.19. The number of nitrogens with one attached hydrogen (secondary N) is 1. The van der Waals surface area contributed by atoms with Crippen molar-refractivity contribution in [2.75, 3.05) is 7.11 Å². The number of hydrogen-bond donors (Lipinski definition) is 2. The highest BCUT2D eigenvalue weighted by Crippen LogP contribution is 2.22. The SMILES string of the molecule is COc1ccc(C(O)C(C)NC(=O)CC2=CCCCC2)cc1. The van der Waals surface area contributed by atoms with Crippen LogP contribution in [0.5, 0.6) is 5.75 Å². The first-order valence-electron chi connectivity index (χ1n) is 7.89. The predicted molar refractivity (Wildman–Crippen MR) is 86.7 cm³/mol. The summed E-state index contributed by atoms with van der Waals surface area (Å²) in [5, 5.41) is 13.2. The zero-order valence-electron chi connectivity index (χ0n) is 13.3. The molecule has 2 unspecified atom stereocenters. The smallest absolute Gasteiger partial charge is 0.224 e. The molecule has 0 aromatic heterocycles. The van der Waals surface area contributed by atoms with Gasteiger partial charge < -0.3 is 15.2 Å². The van der Waals surface area contributed by atoms with Gasteiger partial charge in [-0.1, -0.05) is 23.8 Å². The van der Waals surface area contributed by atoms with Crippen LogP contribution in [0, 0.1) is 0 Å². The molecular weight excluding hydrogens is 278 g/mol. The van der Waals surface area contributed by atoms with Crippen molar-refractivity contribution in [1.29, 1.82) is 0 Å². The molecule has 0 bridgehead atoms. The molecular formula is C18H25NO3. The van der Waals surface area contributed by atoms with Gasteiger partial charge in [0.15, 0.2) is 0 Å². The van der Waals surface area contributed by atoms with Gasteiger partial charge in [0.25, 0.3) is 0 Å². The van der Waals surface area contributed by atoms with Gasteiger partial charge in [-0.05, 0) is 50.3 Å². The number of aliphatic hydroxyl groups is 1. The summed E-state index contributed by atoms with van der Waals surface area (Å²) in [5.74, 6) is 0.727. The third-order valence-corrected chi connectivity index (χ3v) is 4.09. The number of hydrogen-bond acceptors (Lipinski definition) is 3. The lowest BCUT2D eigenvalue weighted by Crippen LogP contribution is -2.37. The molecule has 0 radical (unpaired) electrons. The summed E-state index contributed by atoms with van der Waals surface area (Å²) in [6.07, 6.45) is 6.37. The first kappa shape index (κ1) is 16.6. The minimum atomic E-state index is -0.727. The van der Waals surface area contributed by atoms with E-state index in [1.54, 1.807) is 19.2 Å². The Bertz CT molecular complexity index is 522. The lowest BCUT2D eigenvalue weighted by molar-refractivity contribution is -0.121. The minimum Gasteiger partial charge on any atom is -0.497 e. The summed E-state index contributed by atoms with van der Waals surface area (Å²) in [6, 6.07) is 6.91. The van der Waals surface area contributed by atoms with Gasteiger partial charge in [-0.25, -0.2) is 0 Å². The van der Waals surface area contributed by atoms with Crippen LogP contribution in [-0.4, -0.2) is 24.2 Å². The Hall–Kier alpha value is -1.81. The Morgan fingerprint density at radius 3 is 2.64 bits per heavy atom. The van der Waals surface area contributed by atoms with Gasteiger partial charge in [0, 0.05) is 6.42 Å². The standard InChI is InChI=1S/C18H25NO3/c1-13(18(21)15-8-10-16(22-2)11-9-15)19-17(20)12-14-6-4-3-5-7-14/h6,8-11,13,18,21H,3-5,7,12H2,1-2H3,(H,19,20). The number of carbonyl (C=O) groups is 1. The van der Waals surface area contributed by atoms with E-state index in [2.05, 4.69) is 11.4 Å². The number of allylic oxidation sites excluding steroid dienone is 1. The molecule has 0 saturated carbocycles. The molecule has 1 aliphatic rings. The van der Waals surface area contributed by atoms with E-state index in [0.717, 1.165) is 24.2 Å². The van der Waals surface area contributed by atoms with Crippen LogP contribution in [0.25, 0.3) is 0 Å². The van der Waals surface area contributed by atoms with E-state index in [1.807, 2.05) is 19.1 Å². The summed E-state index contributed by atoms with van der Waals surface area (Å²) in [6.45, 7) is 1.82. The Labute approximate surface area is 132 Å². The van der Waals surface area contributed by atoms with E-state index >= 15 is 0 Å². The van der Waals surface area contributed by atoms with Crippen LogP contribution in [0.2, 0.25) is 0 Å². The molecule has 0 heterocycles. The molecule has 0 aliphatic heterocycles. The Morgan fingerprint density at radius 2 is 2.05 bits per heavy atom. The van der Waals surface area contributed by atoms with Crippen LogP contribution in [0.1, 0.15) is 50.7 Å². The summed E-state index contributed by atoms with van der Waals surface area (Å²) in [4.78, 5) is 12.1. The normalized spacial score (nSPS) is 17.3. The van der Waals surface area contributed by atoms with Crippen LogP contribution in [0.4, 0.5) is 0 Å². The fraction of sp³-hybridized carbons (Fsp3) is 0.500. The Morgan fingerprint density at radius 1 is 1.32 bits per heavy atom. The molecule has 2 atom stereocenters. The van der Waals surface area contributed by atoms with Gasteiger partial charge in [-0.2, -0.15) is 0 Å². The number of rotatable bonds is 6. The summed E-state index contributed by atoms with van der Waals surface area (Å²) >= 11 is 0. The van der Waals surface area contributed by atoms with E-state index in [-0.39, 0.29) is 11.9 Å². The number of amides is 1. The van der Waals surface area contributed by atoms with Crippen LogP contribution in [0.3, 0.4) is 0 Å². The largest absolute Gasteiger partial charge is 0.497 e. The van der Waals surface area contributed by atoms with E-state index < -0.39 is 6.10 Å². The maximum Gasteiger partial charge on any atom is 0.224 e. The number of carbonyl (C=O) groups excluding carboxylic acids is 1. The summed E-state index contributed by atoms with van der Waals surface area (Å²) in [5.41, 5.74) is 1.99. The molecule has 0 fully saturated rings. The monoisotopic (exact) mass is 303 g/mol. The van der Waals surface area contributed by atoms with E-state index in [0.29, 0.717) is 6.42 Å². The molecule has 1 aliphatic carbocycles. The number of benzene rings is 1. The molecule has 1 aromatic carbocycles. The number of ether oxygens (including phenoxy) is 1. The van der Waals surface area contributed by atoms with E-state index in [9.17, 15) is 9.90 Å². The number of methoxy groups -OCH3 is 1. The molecule has 2 rings (SSSR count). The van der Waals surface area contributed by atoms with Gasteiger partial charge in [0.2, 0.25) is 5.91 Å². The Kier molecular flexibility index (Phi) is 6.01. The maximum absolute atomic E-state index is 12.1. The van der Waals surface area contributed by atoms with Crippen LogP contribution in [0.15, 0.2) is 35.9 Å². The average Bonchev–Trinajstić information content (AvgIpc) is 2.55. The zero-order chi connectivity index (χ0) is 15.9. The van der Waals surface area contributed by atoms with Crippen molar-refractivity contribution in [1.82, 2.24) is 5.32 Å². The lowest BCUT2D eigenvalue weighted by Gasteiger charge is -2.21. The van der Waals surface area contributed by atoms with Crippen molar-refractivity contribution < 1.29 is 14.6 Å². The van der Waals surface area contributed by atoms with Crippen molar-refractivity contribution in [3.05, 3.63) is 41.5 Å². The lowest BCUT2D eigenvalue weighted by atomic mass is 9.96. The van der Waals surface area contributed by atoms with E-state index in [1.165, 1.54) is 18.4 Å². The molecule has 1 aromatic rings. The van der Waals surface area contributed by atoms with Crippen molar-refractivity contribution in [2.24, 2.45) is 0 Å². The summed E-state index contributed by atoms with van der Waals surface area (Å²) in [7, 11) is 1.61. The van der Waals surface area contributed by atoms with Crippen molar-refractivity contribution >= 4 is 5.91 Å². The molecule has 2 N–H and O–H groups in total. The van der Waals surface area contributed by atoms with Gasteiger partial charge in [0.1, 0.15) is 5.75 Å². The average molecular weight is 303 g/mol. The maximum atomic E-state index is 12.1. The molecule has 4 nitrogen and oxygen atoms in total. The fourth-order valence-electron chi connectivity index (χ4n) is 2.75. The second-order valence-electron chi connectivity index (χ2n) is 5.86. The number of aliphatic hydroxyl groups excluding tert-OH is 1. The van der Waals surface area contributed by atoms with Gasteiger partial charge in [-0.3, -0.25) is 4.79 Å². The van der Waals surface area contributed by atoms with Gasteiger partial charge in [-0.15, -0.1) is 0 Å². The molecule has 4 heteroatoms. The second-order valence-corrected chi connectivity index (χ2v) is 5.86. The molecule has 120 valence electrons. The van der Waals surface area contributed by atoms with Crippen LogP contribution in [-0.2, 0) is 4.79 Å². The van der Waals surface area contributed by atoms with E-state index in [4.69, 9.17) is 4.74 Å². The van der Waals surface area contributed by atoms with Crippen molar-refractivity contribution in [3.63, 3.8) is 0 Å². The van der Waals surface area contributed by atoms with Crippen molar-refractivity contribution in [3.8, 4) is 5.75 Å².